The van der Waals surface area contributed by atoms with Crippen molar-refractivity contribution in [2.45, 2.75) is 19.7 Å². The molecule has 0 spiro atoms. The van der Waals surface area contributed by atoms with Gasteiger partial charge in [0.1, 0.15) is 18.1 Å². The van der Waals surface area contributed by atoms with Crippen molar-refractivity contribution >= 4 is 34.6 Å². The molecule has 1 aliphatic rings. The lowest BCUT2D eigenvalue weighted by molar-refractivity contribution is -0.111. The van der Waals surface area contributed by atoms with E-state index >= 15 is 0 Å². The summed E-state index contributed by atoms with van der Waals surface area (Å²) in [7, 11) is 1.63. The SMILES string of the molecule is COc1ccc(N2C(C(C)=O)=NN(c3ccccc3)[C@H]2c2cccc(OCc3ccc(Cl)cc3)c2)cc1. The Labute approximate surface area is 221 Å². The molecule has 0 saturated carbocycles. The van der Waals surface area contributed by atoms with E-state index in [2.05, 4.69) is 0 Å². The molecule has 5 rings (SSSR count). The number of ether oxygens (including phenoxy) is 2. The van der Waals surface area contributed by atoms with Crippen LogP contribution in [0.2, 0.25) is 5.02 Å². The molecule has 7 heteroatoms. The monoisotopic (exact) mass is 511 g/mol. The van der Waals surface area contributed by atoms with Gasteiger partial charge in [0, 0.05) is 23.2 Å². The third kappa shape index (κ3) is 5.29. The normalized spacial score (nSPS) is 14.9. The maximum Gasteiger partial charge on any atom is 0.198 e. The number of para-hydroxylation sites is 1. The largest absolute Gasteiger partial charge is 0.497 e. The molecule has 0 N–H and O–H groups in total. The molecular formula is C30H26ClN3O3. The van der Waals surface area contributed by atoms with Gasteiger partial charge in [-0.15, -0.1) is 5.10 Å². The van der Waals surface area contributed by atoms with E-state index in [0.29, 0.717) is 23.2 Å². The molecule has 0 aliphatic carbocycles. The van der Waals surface area contributed by atoms with E-state index in [1.54, 1.807) is 7.11 Å². The number of ketones is 1. The number of hydrogen-bond donors (Lipinski definition) is 0. The van der Waals surface area contributed by atoms with Gasteiger partial charge in [-0.3, -0.25) is 9.69 Å². The molecule has 4 aromatic carbocycles. The van der Waals surface area contributed by atoms with Crippen LogP contribution in [-0.4, -0.2) is 18.7 Å². The standard InChI is InChI=1S/C30H26ClN3O3/c1-21(35)29-32-34(26-8-4-3-5-9-26)30(33(29)25-15-17-27(36-2)18-16-25)23-7-6-10-28(19-23)37-20-22-11-13-24(31)14-12-22/h3-19,30H,20H2,1-2H3/t30-/m0/s1. The summed E-state index contributed by atoms with van der Waals surface area (Å²) in [6.07, 6.45) is -0.409. The maximum absolute atomic E-state index is 12.8. The van der Waals surface area contributed by atoms with Gasteiger partial charge in [-0.2, -0.15) is 0 Å². The van der Waals surface area contributed by atoms with E-state index in [1.165, 1.54) is 6.92 Å². The van der Waals surface area contributed by atoms with Gasteiger partial charge >= 0.3 is 0 Å². The Morgan fingerprint density at radius 1 is 0.865 bits per heavy atom. The molecule has 6 nitrogen and oxygen atoms in total. The molecule has 0 saturated heterocycles. The van der Waals surface area contributed by atoms with E-state index in [-0.39, 0.29) is 5.78 Å². The predicted molar refractivity (Wildman–Crippen MR) is 147 cm³/mol. The maximum atomic E-state index is 12.8. The highest BCUT2D eigenvalue weighted by Gasteiger charge is 2.39. The number of hydrazone groups is 1. The smallest absolute Gasteiger partial charge is 0.198 e. The number of hydrogen-bond acceptors (Lipinski definition) is 6. The minimum absolute atomic E-state index is 0.130. The van der Waals surface area contributed by atoms with Crippen LogP contribution in [0.4, 0.5) is 11.4 Å². The average Bonchev–Trinajstić information content (AvgIpc) is 3.35. The van der Waals surface area contributed by atoms with Crippen LogP contribution in [0, 0.1) is 0 Å². The fourth-order valence-corrected chi connectivity index (χ4v) is 4.38. The lowest BCUT2D eigenvalue weighted by Crippen LogP contribution is -2.37. The first-order valence-electron chi connectivity index (χ1n) is 11.9. The van der Waals surface area contributed by atoms with Crippen LogP contribution >= 0.6 is 11.6 Å². The molecule has 1 heterocycles. The number of amidine groups is 1. The minimum atomic E-state index is -0.409. The zero-order valence-corrected chi connectivity index (χ0v) is 21.3. The zero-order chi connectivity index (χ0) is 25.8. The average molecular weight is 512 g/mol. The van der Waals surface area contributed by atoms with Crippen LogP contribution in [0.5, 0.6) is 11.5 Å². The van der Waals surface area contributed by atoms with Gasteiger partial charge < -0.3 is 9.47 Å². The van der Waals surface area contributed by atoms with E-state index < -0.39 is 6.17 Å². The van der Waals surface area contributed by atoms with Gasteiger partial charge in [0.25, 0.3) is 0 Å². The second kappa shape index (κ2) is 10.8. The van der Waals surface area contributed by atoms with Crippen molar-refractivity contribution in [3.8, 4) is 11.5 Å². The summed E-state index contributed by atoms with van der Waals surface area (Å²) in [6, 6.07) is 32.9. The fraction of sp³-hybridized carbons (Fsp3) is 0.133. The van der Waals surface area contributed by atoms with Crippen LogP contribution in [0.25, 0.3) is 0 Å². The van der Waals surface area contributed by atoms with Crippen molar-refractivity contribution in [2.24, 2.45) is 5.10 Å². The molecule has 0 bridgehead atoms. The summed E-state index contributed by atoms with van der Waals surface area (Å²) >= 11 is 6.01. The molecule has 0 unspecified atom stereocenters. The summed E-state index contributed by atoms with van der Waals surface area (Å²) in [5.74, 6) is 1.67. The molecule has 0 fully saturated rings. The van der Waals surface area contributed by atoms with Gasteiger partial charge in [0.15, 0.2) is 17.8 Å². The molecule has 1 aliphatic heterocycles. The summed E-state index contributed by atoms with van der Waals surface area (Å²) < 4.78 is 11.5. The third-order valence-electron chi connectivity index (χ3n) is 6.07. The zero-order valence-electron chi connectivity index (χ0n) is 20.5. The second-order valence-electron chi connectivity index (χ2n) is 8.59. The number of halogens is 1. The quantitative estimate of drug-likeness (QED) is 0.259. The van der Waals surface area contributed by atoms with Gasteiger partial charge in [0.2, 0.25) is 0 Å². The summed E-state index contributed by atoms with van der Waals surface area (Å²) in [5.41, 5.74) is 3.64. The first kappa shape index (κ1) is 24.4. The Hall–Kier alpha value is -4.29. The number of anilines is 2. The van der Waals surface area contributed by atoms with Crippen molar-refractivity contribution in [2.75, 3.05) is 17.0 Å². The number of methoxy groups -OCH3 is 1. The molecule has 1 atom stereocenters. The van der Waals surface area contributed by atoms with Crippen LogP contribution in [0.15, 0.2) is 108 Å². The van der Waals surface area contributed by atoms with Crippen LogP contribution in [0.1, 0.15) is 24.2 Å². The van der Waals surface area contributed by atoms with Crippen molar-refractivity contribution in [1.82, 2.24) is 0 Å². The summed E-state index contributed by atoms with van der Waals surface area (Å²) in [5, 5.41) is 7.35. The third-order valence-corrected chi connectivity index (χ3v) is 6.32. The lowest BCUT2D eigenvalue weighted by Gasteiger charge is -2.32. The topological polar surface area (TPSA) is 54.4 Å². The first-order valence-corrected chi connectivity index (χ1v) is 12.3. The van der Waals surface area contributed by atoms with Crippen molar-refractivity contribution in [3.63, 3.8) is 0 Å². The van der Waals surface area contributed by atoms with Crippen molar-refractivity contribution < 1.29 is 14.3 Å². The molecule has 186 valence electrons. The van der Waals surface area contributed by atoms with Gasteiger partial charge in [-0.05, 0) is 66.2 Å². The Morgan fingerprint density at radius 2 is 1.59 bits per heavy atom. The van der Waals surface area contributed by atoms with Crippen molar-refractivity contribution in [3.05, 3.63) is 119 Å². The van der Waals surface area contributed by atoms with Crippen LogP contribution in [-0.2, 0) is 11.4 Å². The number of carbonyl (C=O) groups is 1. The Bertz CT molecular complexity index is 1410. The highest BCUT2D eigenvalue weighted by molar-refractivity contribution is 6.44. The lowest BCUT2D eigenvalue weighted by atomic mass is 10.1. The second-order valence-corrected chi connectivity index (χ2v) is 9.03. The van der Waals surface area contributed by atoms with E-state index in [0.717, 1.165) is 28.3 Å². The molecule has 4 aromatic rings. The number of benzene rings is 4. The van der Waals surface area contributed by atoms with E-state index in [1.807, 2.05) is 113 Å². The summed E-state index contributed by atoms with van der Waals surface area (Å²) in [6.45, 7) is 1.94. The highest BCUT2D eigenvalue weighted by atomic mass is 35.5. The van der Waals surface area contributed by atoms with E-state index in [9.17, 15) is 4.79 Å². The van der Waals surface area contributed by atoms with Gasteiger partial charge in [-0.1, -0.05) is 54.1 Å². The van der Waals surface area contributed by atoms with Crippen LogP contribution in [0.3, 0.4) is 0 Å². The van der Waals surface area contributed by atoms with Crippen molar-refractivity contribution in [1.29, 1.82) is 0 Å². The fourth-order valence-electron chi connectivity index (χ4n) is 4.26. The molecule has 0 aromatic heterocycles. The highest BCUT2D eigenvalue weighted by Crippen LogP contribution is 2.40. The minimum Gasteiger partial charge on any atom is -0.497 e. The van der Waals surface area contributed by atoms with Gasteiger partial charge in [-0.25, -0.2) is 5.01 Å². The first-order chi connectivity index (χ1) is 18.0. The Morgan fingerprint density at radius 3 is 2.27 bits per heavy atom. The molecular weight excluding hydrogens is 486 g/mol. The van der Waals surface area contributed by atoms with E-state index in [4.69, 9.17) is 26.2 Å². The number of Topliss-reactive ketones (excluding diaryl/α,β-unsaturated/α-hetero) is 1. The molecule has 0 radical (unpaired) electrons. The molecule has 37 heavy (non-hydrogen) atoms. The molecule has 0 amide bonds. The summed E-state index contributed by atoms with van der Waals surface area (Å²) in [4.78, 5) is 14.8. The number of nitrogens with zero attached hydrogens (tertiary/aromatic N) is 3. The Kier molecular flexibility index (Phi) is 7.10. The van der Waals surface area contributed by atoms with Crippen LogP contribution < -0.4 is 19.4 Å². The number of carbonyl (C=O) groups excluding carboxylic acids is 1. The van der Waals surface area contributed by atoms with Gasteiger partial charge in [0.05, 0.1) is 12.8 Å². The Balaban J connectivity index is 1.54. The predicted octanol–water partition coefficient (Wildman–Crippen LogP) is 6.86. The number of rotatable bonds is 8.